The van der Waals surface area contributed by atoms with Gasteiger partial charge in [0.25, 0.3) is 0 Å². The van der Waals surface area contributed by atoms with E-state index in [1.54, 1.807) is 6.20 Å². The minimum atomic E-state index is -4.13. The van der Waals surface area contributed by atoms with Gasteiger partial charge in [-0.1, -0.05) is 0 Å². The maximum absolute atomic E-state index is 12.7. The van der Waals surface area contributed by atoms with E-state index in [9.17, 15) is 13.2 Å². The molecule has 7 heteroatoms. The first kappa shape index (κ1) is 20.9. The topological polar surface area (TPSA) is 24.3 Å². The highest BCUT2D eigenvalue weighted by molar-refractivity contribution is 5.84. The Morgan fingerprint density at radius 2 is 1.80 bits per heavy atom. The van der Waals surface area contributed by atoms with E-state index in [1.165, 1.54) is 16.0 Å². The van der Waals surface area contributed by atoms with Gasteiger partial charge in [0.05, 0.1) is 23.4 Å². The molecule has 0 aliphatic carbocycles. The molecule has 4 rings (SSSR count). The van der Waals surface area contributed by atoms with Gasteiger partial charge in [-0.15, -0.1) is 0 Å². The lowest BCUT2D eigenvalue weighted by molar-refractivity contribution is -0.149. The lowest BCUT2D eigenvalue weighted by atomic mass is 9.98. The number of pyridine rings is 1. The minimum Gasteiger partial charge on any atom is -0.315 e. The van der Waals surface area contributed by atoms with E-state index >= 15 is 0 Å². The molecule has 1 aromatic carbocycles. The zero-order valence-corrected chi connectivity index (χ0v) is 17.6. The number of nitrogens with zero attached hydrogens (tertiary/aromatic N) is 4. The van der Waals surface area contributed by atoms with Crippen LogP contribution in [0, 0.1) is 13.8 Å². The first-order valence-electron chi connectivity index (χ1n) is 10.3. The number of aromatic nitrogens is 2. The Morgan fingerprint density at radius 3 is 2.47 bits per heavy atom. The van der Waals surface area contributed by atoms with E-state index < -0.39 is 12.7 Å². The number of hydrogen-bond acceptors (Lipinski definition) is 3. The van der Waals surface area contributed by atoms with E-state index in [-0.39, 0.29) is 6.04 Å². The van der Waals surface area contributed by atoms with Crippen molar-refractivity contribution in [1.82, 2.24) is 19.4 Å². The Hall–Kier alpha value is -2.38. The summed E-state index contributed by atoms with van der Waals surface area (Å²) in [6.07, 6.45) is -0.266. The Morgan fingerprint density at radius 1 is 1.07 bits per heavy atom. The highest BCUT2D eigenvalue weighted by Crippen LogP contribution is 2.31. The standard InChI is InChI=1S/C23H27F3N4/c1-16-13-22-19(6-8-30(22)21-5-4-7-27-17(21)2)14-20(16)18(3)29-11-9-28(10-12-29)15-23(24,25)26/h4-8,13-14,18H,9-12,15H2,1-3H3. The molecule has 0 spiro atoms. The number of rotatable bonds is 4. The van der Waals surface area contributed by atoms with E-state index in [2.05, 4.69) is 58.8 Å². The molecule has 1 aliphatic rings. The zero-order valence-electron chi connectivity index (χ0n) is 17.6. The van der Waals surface area contributed by atoms with Gasteiger partial charge in [-0.3, -0.25) is 14.8 Å². The van der Waals surface area contributed by atoms with Crippen molar-refractivity contribution in [2.45, 2.75) is 33.0 Å². The summed E-state index contributed by atoms with van der Waals surface area (Å²) in [4.78, 5) is 8.17. The summed E-state index contributed by atoms with van der Waals surface area (Å²) in [5, 5.41) is 1.15. The van der Waals surface area contributed by atoms with Crippen molar-refractivity contribution in [1.29, 1.82) is 0 Å². The fraction of sp³-hybridized carbons (Fsp3) is 0.435. The Kier molecular flexibility index (Phi) is 5.59. The summed E-state index contributed by atoms with van der Waals surface area (Å²) in [5.41, 5.74) is 5.59. The number of benzene rings is 1. The summed E-state index contributed by atoms with van der Waals surface area (Å²) in [6.45, 7) is 7.62. The summed E-state index contributed by atoms with van der Waals surface area (Å²) >= 11 is 0. The monoisotopic (exact) mass is 416 g/mol. The normalized spacial score (nSPS) is 17.5. The fourth-order valence-corrected chi connectivity index (χ4v) is 4.45. The molecule has 1 atom stereocenters. The van der Waals surface area contributed by atoms with Crippen molar-refractivity contribution in [2.75, 3.05) is 32.7 Å². The molecule has 30 heavy (non-hydrogen) atoms. The van der Waals surface area contributed by atoms with Crippen molar-refractivity contribution < 1.29 is 13.2 Å². The largest absolute Gasteiger partial charge is 0.401 e. The number of aryl methyl sites for hydroxylation is 2. The van der Waals surface area contributed by atoms with Crippen LogP contribution in [0.4, 0.5) is 13.2 Å². The van der Waals surface area contributed by atoms with Crippen LogP contribution in [0.25, 0.3) is 16.6 Å². The van der Waals surface area contributed by atoms with Crippen molar-refractivity contribution >= 4 is 10.9 Å². The Balaban J connectivity index is 1.55. The molecule has 0 saturated carbocycles. The smallest absolute Gasteiger partial charge is 0.315 e. The van der Waals surface area contributed by atoms with Gasteiger partial charge in [-0.25, -0.2) is 0 Å². The van der Waals surface area contributed by atoms with Gasteiger partial charge in [0.1, 0.15) is 0 Å². The molecule has 1 saturated heterocycles. The predicted octanol–water partition coefficient (Wildman–Crippen LogP) is 4.88. The number of fused-ring (bicyclic) bond motifs is 1. The maximum atomic E-state index is 12.7. The van der Waals surface area contributed by atoms with E-state index in [0.29, 0.717) is 26.2 Å². The van der Waals surface area contributed by atoms with Crippen LogP contribution in [0.2, 0.25) is 0 Å². The molecule has 3 heterocycles. The summed E-state index contributed by atoms with van der Waals surface area (Å²) in [6, 6.07) is 10.7. The molecule has 0 bridgehead atoms. The van der Waals surface area contributed by atoms with Gasteiger partial charge in [0.15, 0.2) is 0 Å². The molecule has 160 valence electrons. The maximum Gasteiger partial charge on any atom is 0.401 e. The molecule has 2 aromatic heterocycles. The molecular formula is C23H27F3N4. The molecule has 3 aromatic rings. The van der Waals surface area contributed by atoms with E-state index in [0.717, 1.165) is 22.3 Å². The lowest BCUT2D eigenvalue weighted by Gasteiger charge is -2.38. The highest BCUT2D eigenvalue weighted by atomic mass is 19.4. The van der Waals surface area contributed by atoms with Gasteiger partial charge in [-0.05, 0) is 62.2 Å². The third-order valence-electron chi connectivity index (χ3n) is 6.12. The molecule has 4 nitrogen and oxygen atoms in total. The van der Waals surface area contributed by atoms with Gasteiger partial charge in [-0.2, -0.15) is 13.2 Å². The van der Waals surface area contributed by atoms with Crippen LogP contribution in [0.5, 0.6) is 0 Å². The van der Waals surface area contributed by atoms with Crippen molar-refractivity contribution in [3.63, 3.8) is 0 Å². The highest BCUT2D eigenvalue weighted by Gasteiger charge is 2.33. The van der Waals surface area contributed by atoms with Crippen molar-refractivity contribution in [3.8, 4) is 5.69 Å². The van der Waals surface area contributed by atoms with Crippen molar-refractivity contribution in [3.05, 3.63) is 59.5 Å². The number of alkyl halides is 3. The number of halogens is 3. The average Bonchev–Trinajstić information content (AvgIpc) is 3.09. The van der Waals surface area contributed by atoms with Crippen LogP contribution in [0.15, 0.2) is 42.7 Å². The van der Waals surface area contributed by atoms with Gasteiger partial charge >= 0.3 is 6.18 Å². The predicted molar refractivity (Wildman–Crippen MR) is 113 cm³/mol. The van der Waals surface area contributed by atoms with E-state index in [1.807, 2.05) is 13.0 Å². The molecule has 1 aliphatic heterocycles. The van der Waals surface area contributed by atoms with Crippen LogP contribution in [0.1, 0.15) is 29.8 Å². The second kappa shape index (κ2) is 8.04. The first-order chi connectivity index (χ1) is 14.2. The SMILES string of the molecule is Cc1cc2c(ccn2-c2cccnc2C)cc1C(C)N1CCN(CC(F)(F)F)CC1. The number of piperazine rings is 1. The van der Waals surface area contributed by atoms with Crippen LogP contribution < -0.4 is 0 Å². The Bertz CT molecular complexity index is 1030. The molecule has 0 radical (unpaired) electrons. The molecule has 1 unspecified atom stereocenters. The van der Waals surface area contributed by atoms with Gasteiger partial charge in [0, 0.05) is 50.0 Å². The van der Waals surface area contributed by atoms with Crippen LogP contribution in [-0.4, -0.2) is 58.3 Å². The van der Waals surface area contributed by atoms with Gasteiger partial charge < -0.3 is 4.57 Å². The second-order valence-electron chi connectivity index (χ2n) is 8.16. The molecule has 0 amide bonds. The molecule has 1 fully saturated rings. The van der Waals surface area contributed by atoms with Gasteiger partial charge in [0.2, 0.25) is 0 Å². The third kappa shape index (κ3) is 4.23. The summed E-state index contributed by atoms with van der Waals surface area (Å²) in [5.74, 6) is 0. The lowest BCUT2D eigenvalue weighted by Crippen LogP contribution is -2.49. The van der Waals surface area contributed by atoms with Crippen LogP contribution in [0.3, 0.4) is 0 Å². The quantitative estimate of drug-likeness (QED) is 0.606. The van der Waals surface area contributed by atoms with E-state index in [4.69, 9.17) is 0 Å². The van der Waals surface area contributed by atoms with Crippen LogP contribution in [-0.2, 0) is 0 Å². The third-order valence-corrected chi connectivity index (χ3v) is 6.12. The second-order valence-corrected chi connectivity index (χ2v) is 8.16. The molecular weight excluding hydrogens is 389 g/mol. The summed E-state index contributed by atoms with van der Waals surface area (Å²) < 4.78 is 40.1. The fourth-order valence-electron chi connectivity index (χ4n) is 4.45. The van der Waals surface area contributed by atoms with Crippen LogP contribution >= 0.6 is 0 Å². The Labute approximate surface area is 174 Å². The first-order valence-corrected chi connectivity index (χ1v) is 10.3. The average molecular weight is 416 g/mol. The van der Waals surface area contributed by atoms with Crippen molar-refractivity contribution in [2.24, 2.45) is 0 Å². The number of hydrogen-bond donors (Lipinski definition) is 0. The minimum absolute atomic E-state index is 0.158. The molecule has 0 N–H and O–H groups in total. The zero-order chi connectivity index (χ0) is 21.5. The summed E-state index contributed by atoms with van der Waals surface area (Å²) in [7, 11) is 0.